The van der Waals surface area contributed by atoms with Gasteiger partial charge in [0, 0.05) is 5.41 Å². The molecular formula is C31H28O6. The summed E-state index contributed by atoms with van der Waals surface area (Å²) in [5.41, 5.74) is 2.43. The minimum Gasteiger partial charge on any atom is -0.496 e. The molecule has 0 aliphatic rings. The topological polar surface area (TPSA) is 71.1 Å². The molecule has 0 bridgehead atoms. The quantitative estimate of drug-likeness (QED) is 0.206. The van der Waals surface area contributed by atoms with Gasteiger partial charge in [-0.05, 0) is 59.7 Å². The van der Waals surface area contributed by atoms with Gasteiger partial charge in [-0.2, -0.15) is 0 Å². The van der Waals surface area contributed by atoms with Gasteiger partial charge in [0.2, 0.25) is 0 Å². The highest BCUT2D eigenvalue weighted by molar-refractivity contribution is 5.94. The average Bonchev–Trinajstić information content (AvgIpc) is 2.93. The van der Waals surface area contributed by atoms with E-state index in [1.54, 1.807) is 72.8 Å². The molecule has 0 aromatic heterocycles. The Hall–Kier alpha value is -4.58. The Morgan fingerprint density at radius 1 is 0.541 bits per heavy atom. The monoisotopic (exact) mass is 496 g/mol. The number of ether oxygens (including phenoxy) is 4. The molecule has 0 spiro atoms. The van der Waals surface area contributed by atoms with E-state index in [4.69, 9.17) is 18.9 Å². The van der Waals surface area contributed by atoms with Crippen molar-refractivity contribution in [1.82, 2.24) is 0 Å². The van der Waals surface area contributed by atoms with E-state index in [1.165, 1.54) is 14.2 Å². The summed E-state index contributed by atoms with van der Waals surface area (Å²) < 4.78 is 21.6. The van der Waals surface area contributed by atoms with Gasteiger partial charge in [0.1, 0.15) is 34.1 Å². The highest BCUT2D eigenvalue weighted by Gasteiger charge is 2.24. The summed E-state index contributed by atoms with van der Waals surface area (Å²) in [5, 5.41) is 0. The van der Waals surface area contributed by atoms with Crippen LogP contribution in [0.1, 0.15) is 45.7 Å². The van der Waals surface area contributed by atoms with Crippen LogP contribution in [-0.2, 0) is 5.41 Å². The smallest absolute Gasteiger partial charge is 0.347 e. The normalized spacial score (nSPS) is 10.9. The number of methoxy groups -OCH3 is 2. The van der Waals surface area contributed by atoms with Crippen LogP contribution < -0.4 is 18.9 Å². The lowest BCUT2D eigenvalue weighted by Gasteiger charge is -2.26. The number of esters is 2. The number of hydrogen-bond donors (Lipinski definition) is 0. The number of carbonyl (C=O) groups excluding carboxylic acids is 2. The zero-order valence-electron chi connectivity index (χ0n) is 21.2. The zero-order valence-corrected chi connectivity index (χ0v) is 21.2. The minimum atomic E-state index is -0.484. The molecule has 6 nitrogen and oxygen atoms in total. The second kappa shape index (κ2) is 11.0. The first-order valence-corrected chi connectivity index (χ1v) is 11.7. The van der Waals surface area contributed by atoms with Crippen LogP contribution in [0.15, 0.2) is 97.1 Å². The summed E-state index contributed by atoms with van der Waals surface area (Å²) in [4.78, 5) is 25.2. The zero-order chi connectivity index (χ0) is 26.4. The second-order valence-corrected chi connectivity index (χ2v) is 8.85. The predicted molar refractivity (Wildman–Crippen MR) is 141 cm³/mol. The summed E-state index contributed by atoms with van der Waals surface area (Å²) in [5.74, 6) is 0.832. The van der Waals surface area contributed by atoms with E-state index in [0.717, 1.165) is 11.1 Å². The van der Waals surface area contributed by atoms with Gasteiger partial charge >= 0.3 is 11.9 Å². The van der Waals surface area contributed by atoms with Crippen molar-refractivity contribution >= 4 is 11.9 Å². The minimum absolute atomic E-state index is 0.351. The fourth-order valence-corrected chi connectivity index (χ4v) is 4.00. The third-order valence-electron chi connectivity index (χ3n) is 6.23. The van der Waals surface area contributed by atoms with Gasteiger partial charge in [0.05, 0.1) is 14.2 Å². The van der Waals surface area contributed by atoms with Gasteiger partial charge in [-0.25, -0.2) is 9.59 Å². The van der Waals surface area contributed by atoms with E-state index in [2.05, 4.69) is 13.8 Å². The molecule has 0 N–H and O–H groups in total. The highest BCUT2D eigenvalue weighted by Crippen LogP contribution is 2.34. The Kier molecular flexibility index (Phi) is 7.58. The number of carbonyl (C=O) groups is 2. The summed E-state index contributed by atoms with van der Waals surface area (Å²) in [6.07, 6.45) is 0. The van der Waals surface area contributed by atoms with E-state index in [1.807, 2.05) is 24.3 Å². The molecule has 0 radical (unpaired) electrons. The highest BCUT2D eigenvalue weighted by atomic mass is 16.5. The molecule has 0 aliphatic heterocycles. The number of hydrogen-bond acceptors (Lipinski definition) is 6. The van der Waals surface area contributed by atoms with Crippen molar-refractivity contribution in [2.75, 3.05) is 14.2 Å². The van der Waals surface area contributed by atoms with E-state index in [0.29, 0.717) is 34.1 Å². The third kappa shape index (κ3) is 5.64. The molecule has 4 rings (SSSR count). The van der Waals surface area contributed by atoms with Crippen molar-refractivity contribution in [2.45, 2.75) is 19.3 Å². The van der Waals surface area contributed by atoms with Gasteiger partial charge in [0.15, 0.2) is 0 Å². The first-order chi connectivity index (χ1) is 17.8. The summed E-state index contributed by atoms with van der Waals surface area (Å²) >= 11 is 0. The molecule has 0 saturated heterocycles. The van der Waals surface area contributed by atoms with Crippen molar-refractivity contribution in [3.8, 4) is 23.0 Å². The second-order valence-electron chi connectivity index (χ2n) is 8.85. The van der Waals surface area contributed by atoms with Crippen LogP contribution in [0.4, 0.5) is 0 Å². The van der Waals surface area contributed by atoms with Crippen LogP contribution in [-0.4, -0.2) is 26.2 Å². The number of benzene rings is 4. The maximum Gasteiger partial charge on any atom is 0.347 e. The maximum atomic E-state index is 12.6. The van der Waals surface area contributed by atoms with E-state index >= 15 is 0 Å². The molecule has 0 atom stereocenters. The van der Waals surface area contributed by atoms with Crippen molar-refractivity contribution < 1.29 is 28.5 Å². The first-order valence-electron chi connectivity index (χ1n) is 11.7. The molecular weight excluding hydrogens is 468 g/mol. The molecule has 4 aromatic rings. The fourth-order valence-electron chi connectivity index (χ4n) is 4.00. The molecule has 0 unspecified atom stereocenters. The van der Waals surface area contributed by atoms with Crippen molar-refractivity contribution in [1.29, 1.82) is 0 Å². The number of para-hydroxylation sites is 2. The molecule has 0 amide bonds. The van der Waals surface area contributed by atoms with Crippen molar-refractivity contribution in [3.05, 3.63) is 119 Å². The fraction of sp³-hybridized carbons (Fsp3) is 0.161. The third-order valence-corrected chi connectivity index (χ3v) is 6.23. The summed E-state index contributed by atoms with van der Waals surface area (Å²) in [6, 6.07) is 28.7. The standard InChI is InChI=1S/C31H28O6/c1-31(2,21-13-17-23(18-14-21)36-29(32)25-9-5-7-11-27(25)34-3)22-15-19-24(20-16-22)37-30(33)26-10-6-8-12-28(26)35-4/h5-20H,1-4H3. The van der Waals surface area contributed by atoms with Crippen LogP contribution in [0.2, 0.25) is 0 Å². The van der Waals surface area contributed by atoms with Gasteiger partial charge in [-0.15, -0.1) is 0 Å². The number of rotatable bonds is 8. The SMILES string of the molecule is COc1ccccc1C(=O)Oc1ccc(C(C)(C)c2ccc(OC(=O)c3ccccc3OC)cc2)cc1. The lowest BCUT2D eigenvalue weighted by molar-refractivity contribution is 0.0721. The Bertz CT molecular complexity index is 1280. The van der Waals surface area contributed by atoms with E-state index < -0.39 is 11.9 Å². The molecule has 0 fully saturated rings. The van der Waals surface area contributed by atoms with Crippen LogP contribution in [0.3, 0.4) is 0 Å². The van der Waals surface area contributed by atoms with Gasteiger partial charge < -0.3 is 18.9 Å². The van der Waals surface area contributed by atoms with E-state index in [9.17, 15) is 9.59 Å². The largest absolute Gasteiger partial charge is 0.496 e. The summed E-state index contributed by atoms with van der Waals surface area (Å²) in [7, 11) is 3.03. The van der Waals surface area contributed by atoms with Crippen LogP contribution in [0.5, 0.6) is 23.0 Å². The van der Waals surface area contributed by atoms with Crippen LogP contribution >= 0.6 is 0 Å². The molecule has 4 aromatic carbocycles. The van der Waals surface area contributed by atoms with E-state index in [-0.39, 0.29) is 5.41 Å². The molecule has 188 valence electrons. The molecule has 0 heterocycles. The Morgan fingerprint density at radius 2 is 0.892 bits per heavy atom. The first kappa shape index (κ1) is 25.5. The molecule has 0 saturated carbocycles. The van der Waals surface area contributed by atoms with Crippen LogP contribution in [0.25, 0.3) is 0 Å². The Morgan fingerprint density at radius 3 is 1.24 bits per heavy atom. The van der Waals surface area contributed by atoms with Gasteiger partial charge in [0.25, 0.3) is 0 Å². The molecule has 37 heavy (non-hydrogen) atoms. The lowest BCUT2D eigenvalue weighted by atomic mass is 9.78. The van der Waals surface area contributed by atoms with Gasteiger partial charge in [-0.3, -0.25) is 0 Å². The Labute approximate surface area is 216 Å². The van der Waals surface area contributed by atoms with Gasteiger partial charge in [-0.1, -0.05) is 62.4 Å². The van der Waals surface area contributed by atoms with Crippen molar-refractivity contribution in [2.24, 2.45) is 0 Å². The average molecular weight is 497 g/mol. The van der Waals surface area contributed by atoms with Crippen molar-refractivity contribution in [3.63, 3.8) is 0 Å². The summed E-state index contributed by atoms with van der Waals surface area (Å²) in [6.45, 7) is 4.19. The predicted octanol–water partition coefficient (Wildman–Crippen LogP) is 6.47. The lowest BCUT2D eigenvalue weighted by Crippen LogP contribution is -2.19. The molecule has 0 aliphatic carbocycles. The molecule has 6 heteroatoms. The maximum absolute atomic E-state index is 12.6. The Balaban J connectivity index is 1.45. The van der Waals surface area contributed by atoms with Crippen LogP contribution in [0, 0.1) is 0 Å².